The van der Waals surface area contributed by atoms with Crippen molar-refractivity contribution in [3.63, 3.8) is 0 Å². The number of nitrogens with zero attached hydrogens (tertiary/aromatic N) is 1. The van der Waals surface area contributed by atoms with E-state index in [4.69, 9.17) is 14.7 Å². The number of benzene rings is 1. The molecular formula is C15H16N2O3. The Bertz CT molecular complexity index is 698. The van der Waals surface area contributed by atoms with Crippen molar-refractivity contribution in [1.29, 1.82) is 5.53 Å². The van der Waals surface area contributed by atoms with E-state index in [1.165, 1.54) is 7.11 Å². The molecule has 5 heteroatoms. The van der Waals surface area contributed by atoms with E-state index in [2.05, 4.69) is 5.11 Å². The number of hydrogen-bond acceptors (Lipinski definition) is 5. The van der Waals surface area contributed by atoms with Gasteiger partial charge in [0.15, 0.2) is 0 Å². The monoisotopic (exact) mass is 272 g/mol. The van der Waals surface area contributed by atoms with Crippen LogP contribution < -0.4 is 0 Å². The summed E-state index contributed by atoms with van der Waals surface area (Å²) in [7, 11) is 1.36. The maximum Gasteiger partial charge on any atom is 0.337 e. The van der Waals surface area contributed by atoms with E-state index < -0.39 is 5.54 Å². The summed E-state index contributed by atoms with van der Waals surface area (Å²) in [6.07, 6.45) is 2.76. The predicted octanol–water partition coefficient (Wildman–Crippen LogP) is 3.94. The van der Waals surface area contributed by atoms with Crippen LogP contribution in [0.1, 0.15) is 40.9 Å². The van der Waals surface area contributed by atoms with Gasteiger partial charge in [-0.1, -0.05) is 0 Å². The van der Waals surface area contributed by atoms with Crippen LogP contribution in [0.3, 0.4) is 0 Å². The molecule has 0 spiro atoms. The molecular weight excluding hydrogens is 256 g/mol. The molecule has 1 heterocycles. The van der Waals surface area contributed by atoms with Crippen LogP contribution in [-0.2, 0) is 10.3 Å². The summed E-state index contributed by atoms with van der Waals surface area (Å²) >= 11 is 0. The minimum atomic E-state index is -0.492. The summed E-state index contributed by atoms with van der Waals surface area (Å²) in [6.45, 7) is 1.95. The fourth-order valence-electron chi connectivity index (χ4n) is 2.81. The number of rotatable bonds is 3. The Kier molecular flexibility index (Phi) is 2.85. The van der Waals surface area contributed by atoms with Gasteiger partial charge in [-0.3, -0.25) is 0 Å². The van der Waals surface area contributed by atoms with Crippen LogP contribution in [0.2, 0.25) is 0 Å². The third kappa shape index (κ3) is 1.66. The van der Waals surface area contributed by atoms with Crippen molar-refractivity contribution in [3.8, 4) is 0 Å². The number of carbonyl (C=O) groups excluding carboxylic acids is 1. The topological polar surface area (TPSA) is 75.7 Å². The van der Waals surface area contributed by atoms with E-state index in [0.29, 0.717) is 5.56 Å². The Morgan fingerprint density at radius 3 is 2.75 bits per heavy atom. The second-order valence-corrected chi connectivity index (χ2v) is 5.26. The molecule has 0 bridgehead atoms. The number of methoxy groups -OCH3 is 1. The molecule has 5 nitrogen and oxygen atoms in total. The number of ether oxygens (including phenoxy) is 1. The van der Waals surface area contributed by atoms with Crippen LogP contribution in [0.5, 0.6) is 0 Å². The number of aryl methyl sites for hydroxylation is 1. The van der Waals surface area contributed by atoms with Gasteiger partial charge in [0.05, 0.1) is 12.7 Å². The molecule has 0 aliphatic heterocycles. The minimum absolute atomic E-state index is 0.363. The van der Waals surface area contributed by atoms with E-state index in [0.717, 1.165) is 41.6 Å². The first-order chi connectivity index (χ1) is 9.61. The molecule has 104 valence electrons. The SMILES string of the molecule is COC(=O)c1ccc2oc(C3(N=N)CCC3)c(C)c2c1. The highest BCUT2D eigenvalue weighted by molar-refractivity contribution is 5.95. The third-order valence-corrected chi connectivity index (χ3v) is 4.17. The van der Waals surface area contributed by atoms with Gasteiger partial charge in [0.1, 0.15) is 16.9 Å². The zero-order valence-electron chi connectivity index (χ0n) is 11.5. The zero-order valence-corrected chi connectivity index (χ0v) is 11.5. The zero-order chi connectivity index (χ0) is 14.3. The maximum absolute atomic E-state index is 11.6. The molecule has 0 radical (unpaired) electrons. The van der Waals surface area contributed by atoms with Gasteiger partial charge in [-0.2, -0.15) is 5.11 Å². The Hall–Kier alpha value is -2.17. The molecule has 1 aliphatic rings. The lowest BCUT2D eigenvalue weighted by Crippen LogP contribution is -2.31. The van der Waals surface area contributed by atoms with Gasteiger partial charge >= 0.3 is 5.97 Å². The summed E-state index contributed by atoms with van der Waals surface area (Å²) in [5.74, 6) is 0.397. The molecule has 0 unspecified atom stereocenters. The van der Waals surface area contributed by atoms with Crippen molar-refractivity contribution in [1.82, 2.24) is 0 Å². The van der Waals surface area contributed by atoms with E-state index in [1.807, 2.05) is 6.92 Å². The molecule has 0 atom stereocenters. The standard InChI is InChI=1S/C15H16N2O3/c1-9-11-8-10(14(18)19-2)4-5-12(11)20-13(9)15(17-16)6-3-7-15/h4-5,8,16H,3,6-7H2,1-2H3. The second-order valence-electron chi connectivity index (χ2n) is 5.26. The van der Waals surface area contributed by atoms with Crippen LogP contribution in [0.25, 0.3) is 11.0 Å². The predicted molar refractivity (Wildman–Crippen MR) is 73.0 cm³/mol. The maximum atomic E-state index is 11.6. The van der Waals surface area contributed by atoms with Gasteiger partial charge in [0.25, 0.3) is 0 Å². The molecule has 1 aromatic heterocycles. The largest absolute Gasteiger partial charge is 0.465 e. The second kappa shape index (κ2) is 4.44. The van der Waals surface area contributed by atoms with E-state index in [-0.39, 0.29) is 5.97 Å². The summed E-state index contributed by atoms with van der Waals surface area (Å²) in [5, 5.41) is 4.68. The summed E-state index contributed by atoms with van der Waals surface area (Å²) in [4.78, 5) is 11.6. The highest BCUT2D eigenvalue weighted by Crippen LogP contribution is 2.48. The molecule has 0 amide bonds. The molecule has 2 aromatic rings. The fourth-order valence-corrected chi connectivity index (χ4v) is 2.81. The van der Waals surface area contributed by atoms with Crippen molar-refractivity contribution in [2.45, 2.75) is 31.7 Å². The van der Waals surface area contributed by atoms with E-state index >= 15 is 0 Å². The van der Waals surface area contributed by atoms with E-state index in [1.54, 1.807) is 18.2 Å². The Morgan fingerprint density at radius 2 is 2.20 bits per heavy atom. The highest BCUT2D eigenvalue weighted by atomic mass is 16.5. The summed E-state index contributed by atoms with van der Waals surface area (Å²) in [5.41, 5.74) is 9.14. The molecule has 1 aliphatic carbocycles. The minimum Gasteiger partial charge on any atom is -0.465 e. The number of furan rings is 1. The number of carbonyl (C=O) groups is 1. The summed E-state index contributed by atoms with van der Waals surface area (Å²) in [6, 6.07) is 5.24. The molecule has 20 heavy (non-hydrogen) atoms. The van der Waals surface area contributed by atoms with Crippen molar-refractivity contribution in [2.75, 3.05) is 7.11 Å². The van der Waals surface area contributed by atoms with Gasteiger partial charge in [0.2, 0.25) is 0 Å². The molecule has 1 aromatic carbocycles. The molecule has 1 saturated carbocycles. The van der Waals surface area contributed by atoms with Crippen LogP contribution in [-0.4, -0.2) is 13.1 Å². The highest BCUT2D eigenvalue weighted by Gasteiger charge is 2.43. The lowest BCUT2D eigenvalue weighted by Gasteiger charge is -2.34. The van der Waals surface area contributed by atoms with Gasteiger partial charge in [0, 0.05) is 10.9 Å². The fraction of sp³-hybridized carbons (Fsp3) is 0.400. The van der Waals surface area contributed by atoms with Crippen molar-refractivity contribution in [3.05, 3.63) is 35.1 Å². The van der Waals surface area contributed by atoms with Crippen molar-refractivity contribution < 1.29 is 13.9 Å². The van der Waals surface area contributed by atoms with Crippen molar-refractivity contribution in [2.24, 2.45) is 5.11 Å². The average molecular weight is 272 g/mol. The first-order valence-electron chi connectivity index (χ1n) is 6.62. The number of hydrogen-bond donors (Lipinski definition) is 1. The third-order valence-electron chi connectivity index (χ3n) is 4.17. The number of nitrogens with one attached hydrogen (secondary N) is 1. The van der Waals surface area contributed by atoms with Crippen LogP contribution in [0.4, 0.5) is 0 Å². The van der Waals surface area contributed by atoms with Crippen LogP contribution in [0, 0.1) is 12.5 Å². The molecule has 1 N–H and O–H groups in total. The van der Waals surface area contributed by atoms with Crippen LogP contribution >= 0.6 is 0 Å². The lowest BCUT2D eigenvalue weighted by atomic mass is 9.74. The van der Waals surface area contributed by atoms with Crippen molar-refractivity contribution >= 4 is 16.9 Å². The van der Waals surface area contributed by atoms with E-state index in [9.17, 15) is 4.79 Å². The average Bonchev–Trinajstić information content (AvgIpc) is 2.75. The summed E-state index contributed by atoms with van der Waals surface area (Å²) < 4.78 is 10.6. The first kappa shape index (κ1) is 12.8. The van der Waals surface area contributed by atoms with Crippen LogP contribution in [0.15, 0.2) is 27.7 Å². The van der Waals surface area contributed by atoms with Gasteiger partial charge < -0.3 is 9.15 Å². The smallest absolute Gasteiger partial charge is 0.337 e. The Morgan fingerprint density at radius 1 is 1.45 bits per heavy atom. The quantitative estimate of drug-likeness (QED) is 0.679. The Labute approximate surface area is 116 Å². The van der Waals surface area contributed by atoms with Gasteiger partial charge in [-0.15, -0.1) is 0 Å². The molecule has 3 rings (SSSR count). The number of fused-ring (bicyclic) bond motifs is 1. The normalized spacial score (nSPS) is 16.7. The molecule has 0 saturated heterocycles. The first-order valence-corrected chi connectivity index (χ1v) is 6.62. The van der Waals surface area contributed by atoms with Gasteiger partial charge in [-0.25, -0.2) is 10.3 Å². The Balaban J connectivity index is 2.15. The number of esters is 1. The molecule has 1 fully saturated rings. The van der Waals surface area contributed by atoms with Gasteiger partial charge in [-0.05, 0) is 44.4 Å². The lowest BCUT2D eigenvalue weighted by molar-refractivity contribution is 0.0601.